The normalized spacial score (nSPS) is 14.2. The Hall–Kier alpha value is -0.670. The van der Waals surface area contributed by atoms with Crippen molar-refractivity contribution in [1.82, 2.24) is 0 Å². The van der Waals surface area contributed by atoms with Gasteiger partial charge in [-0.3, -0.25) is 4.39 Å². The van der Waals surface area contributed by atoms with E-state index in [1.165, 1.54) is 0 Å². The second kappa shape index (κ2) is 4.26. The lowest BCUT2D eigenvalue weighted by molar-refractivity contribution is -0.102. The zero-order valence-electron chi connectivity index (χ0n) is 6.32. The van der Waals surface area contributed by atoms with Crippen molar-refractivity contribution in [2.45, 2.75) is 25.4 Å². The number of rotatable bonds is 5. The largest absolute Gasteiger partial charge is 0.492 e. The second-order valence-corrected chi connectivity index (χ2v) is 2.23. The highest BCUT2D eigenvalue weighted by Crippen LogP contribution is 2.23. The van der Waals surface area contributed by atoms with Crippen LogP contribution in [0.25, 0.3) is 0 Å². The molecule has 0 saturated heterocycles. The first-order valence-electron chi connectivity index (χ1n) is 3.22. The zero-order chi connectivity index (χ0) is 8.91. The van der Waals surface area contributed by atoms with E-state index in [9.17, 15) is 13.2 Å². The van der Waals surface area contributed by atoms with Crippen molar-refractivity contribution in [2.75, 3.05) is 6.67 Å². The summed E-state index contributed by atoms with van der Waals surface area (Å²) < 4.78 is 40.9. The lowest BCUT2D eigenvalue weighted by Gasteiger charge is -2.21. The monoisotopic (exact) mass is 168 g/mol. The summed E-state index contributed by atoms with van der Waals surface area (Å²) in [6.45, 7) is 2.99. The van der Waals surface area contributed by atoms with Crippen molar-refractivity contribution >= 4 is 0 Å². The van der Waals surface area contributed by atoms with Crippen molar-refractivity contribution in [1.29, 1.82) is 0 Å². The quantitative estimate of drug-likeness (QED) is 0.573. The molecule has 0 aromatic heterocycles. The van der Waals surface area contributed by atoms with Crippen LogP contribution in [0, 0.1) is 0 Å². The van der Waals surface area contributed by atoms with Crippen LogP contribution in [0.2, 0.25) is 0 Å². The molecule has 66 valence electrons. The fraction of sp³-hybridized carbons (Fsp3) is 0.714. The maximum Gasteiger partial charge on any atom is 0.281 e. The van der Waals surface area contributed by atoms with Gasteiger partial charge in [-0.1, -0.05) is 6.58 Å². The Kier molecular flexibility index (Phi) is 4.00. The van der Waals surface area contributed by atoms with Gasteiger partial charge in [0.1, 0.15) is 0 Å². The molecular weight excluding hydrogens is 157 g/mol. The zero-order valence-corrected chi connectivity index (χ0v) is 6.32. The van der Waals surface area contributed by atoms with Crippen molar-refractivity contribution in [2.24, 2.45) is 0 Å². The van der Waals surface area contributed by atoms with E-state index in [0.717, 1.165) is 6.26 Å². The van der Waals surface area contributed by atoms with Gasteiger partial charge >= 0.3 is 0 Å². The van der Waals surface area contributed by atoms with Gasteiger partial charge < -0.3 is 4.74 Å². The number of alkyl halides is 3. The summed E-state index contributed by atoms with van der Waals surface area (Å²) in [6, 6.07) is 0. The van der Waals surface area contributed by atoms with Gasteiger partial charge in [-0.2, -0.15) is 0 Å². The second-order valence-electron chi connectivity index (χ2n) is 2.23. The summed E-state index contributed by atoms with van der Waals surface area (Å²) in [7, 11) is 0. The molecule has 0 aliphatic rings. The van der Waals surface area contributed by atoms with Crippen LogP contribution in [0.5, 0.6) is 0 Å². The molecule has 0 saturated carbocycles. The van der Waals surface area contributed by atoms with E-state index in [2.05, 4.69) is 11.3 Å². The molecule has 0 aliphatic carbocycles. The average molecular weight is 168 g/mol. The molecule has 0 aromatic rings. The Morgan fingerprint density at radius 1 is 1.64 bits per heavy atom. The van der Waals surface area contributed by atoms with Crippen LogP contribution < -0.4 is 0 Å². The number of halogens is 3. The van der Waals surface area contributed by atoms with Crippen molar-refractivity contribution in [3.05, 3.63) is 12.8 Å². The molecule has 0 aromatic carbocycles. The molecule has 4 heteroatoms. The first kappa shape index (κ1) is 10.3. The Balaban J connectivity index is 3.97. The SMILES string of the molecule is C=COC(CCF)C(C)(F)F. The van der Waals surface area contributed by atoms with Gasteiger partial charge in [0.15, 0.2) is 6.10 Å². The minimum atomic E-state index is -3.01. The predicted molar refractivity (Wildman–Crippen MR) is 36.3 cm³/mol. The molecule has 0 spiro atoms. The topological polar surface area (TPSA) is 9.23 Å². The maximum absolute atomic E-state index is 12.4. The van der Waals surface area contributed by atoms with Crippen molar-refractivity contribution in [3.63, 3.8) is 0 Å². The predicted octanol–water partition coefficient (Wildman–Crippen LogP) is 2.53. The number of hydrogen-bond donors (Lipinski definition) is 0. The van der Waals surface area contributed by atoms with E-state index in [4.69, 9.17) is 0 Å². The molecule has 1 nitrogen and oxygen atoms in total. The highest BCUT2D eigenvalue weighted by Gasteiger charge is 2.34. The fourth-order valence-electron chi connectivity index (χ4n) is 0.656. The molecule has 0 rings (SSSR count). The van der Waals surface area contributed by atoms with E-state index in [1.54, 1.807) is 0 Å². The third-order valence-corrected chi connectivity index (χ3v) is 1.20. The smallest absolute Gasteiger partial charge is 0.281 e. The van der Waals surface area contributed by atoms with Crippen molar-refractivity contribution in [3.8, 4) is 0 Å². The van der Waals surface area contributed by atoms with Crippen LogP contribution in [-0.4, -0.2) is 18.7 Å². The van der Waals surface area contributed by atoms with Gasteiger partial charge in [-0.15, -0.1) is 0 Å². The van der Waals surface area contributed by atoms with Crippen LogP contribution in [0.3, 0.4) is 0 Å². The molecule has 1 unspecified atom stereocenters. The Morgan fingerprint density at radius 3 is 2.45 bits per heavy atom. The molecule has 0 heterocycles. The highest BCUT2D eigenvalue weighted by atomic mass is 19.3. The van der Waals surface area contributed by atoms with Crippen LogP contribution in [0.15, 0.2) is 12.8 Å². The average Bonchev–Trinajstić information content (AvgIpc) is 1.85. The lowest BCUT2D eigenvalue weighted by atomic mass is 10.1. The molecule has 0 radical (unpaired) electrons. The Morgan fingerprint density at radius 2 is 2.18 bits per heavy atom. The summed E-state index contributed by atoms with van der Waals surface area (Å²) in [5.74, 6) is -3.01. The summed E-state index contributed by atoms with van der Waals surface area (Å²) in [5.41, 5.74) is 0. The number of hydrogen-bond acceptors (Lipinski definition) is 1. The van der Waals surface area contributed by atoms with E-state index in [-0.39, 0.29) is 6.42 Å². The summed E-state index contributed by atoms with van der Waals surface area (Å²) in [6.07, 6.45) is -0.808. The van der Waals surface area contributed by atoms with Crippen LogP contribution in [0.4, 0.5) is 13.2 Å². The fourth-order valence-corrected chi connectivity index (χ4v) is 0.656. The molecule has 0 N–H and O–H groups in total. The summed E-state index contributed by atoms with van der Waals surface area (Å²) in [5, 5.41) is 0. The van der Waals surface area contributed by atoms with E-state index < -0.39 is 18.7 Å². The van der Waals surface area contributed by atoms with Gasteiger partial charge in [0.05, 0.1) is 12.9 Å². The summed E-state index contributed by atoms with van der Waals surface area (Å²) >= 11 is 0. The molecule has 1 atom stereocenters. The third kappa shape index (κ3) is 3.91. The Labute approximate surface area is 63.8 Å². The van der Waals surface area contributed by atoms with Gasteiger partial charge in [0.25, 0.3) is 5.92 Å². The minimum absolute atomic E-state index is 0.310. The standard InChI is InChI=1S/C7H11F3O/c1-3-11-6(4-5-8)7(2,9)10/h3,6H,1,4-5H2,2H3. The molecular formula is C7H11F3O. The van der Waals surface area contributed by atoms with E-state index in [1.807, 2.05) is 0 Å². The first-order chi connectivity index (χ1) is 5.02. The van der Waals surface area contributed by atoms with Gasteiger partial charge in [-0.25, -0.2) is 8.78 Å². The number of ether oxygens (including phenoxy) is 1. The lowest BCUT2D eigenvalue weighted by Crippen LogP contribution is -2.31. The molecule has 0 aliphatic heterocycles. The van der Waals surface area contributed by atoms with Crippen molar-refractivity contribution < 1.29 is 17.9 Å². The maximum atomic E-state index is 12.4. The highest BCUT2D eigenvalue weighted by molar-refractivity contribution is 4.74. The molecule has 0 bridgehead atoms. The Bertz CT molecular complexity index is 119. The molecule has 11 heavy (non-hydrogen) atoms. The van der Waals surface area contributed by atoms with E-state index in [0.29, 0.717) is 6.92 Å². The molecule has 0 fully saturated rings. The van der Waals surface area contributed by atoms with Gasteiger partial charge in [-0.05, 0) is 0 Å². The van der Waals surface area contributed by atoms with Crippen LogP contribution in [0.1, 0.15) is 13.3 Å². The third-order valence-electron chi connectivity index (χ3n) is 1.20. The van der Waals surface area contributed by atoms with Crippen LogP contribution in [-0.2, 0) is 4.74 Å². The summed E-state index contributed by atoms with van der Waals surface area (Å²) in [4.78, 5) is 0. The van der Waals surface area contributed by atoms with Crippen LogP contribution >= 0.6 is 0 Å². The first-order valence-corrected chi connectivity index (χ1v) is 3.22. The van der Waals surface area contributed by atoms with E-state index >= 15 is 0 Å². The van der Waals surface area contributed by atoms with Gasteiger partial charge in [0, 0.05) is 13.3 Å². The minimum Gasteiger partial charge on any atom is -0.492 e. The molecule has 0 amide bonds. The van der Waals surface area contributed by atoms with Gasteiger partial charge in [0.2, 0.25) is 0 Å².